The van der Waals surface area contributed by atoms with Gasteiger partial charge in [0, 0.05) is 49.7 Å². The van der Waals surface area contributed by atoms with Gasteiger partial charge in [-0.05, 0) is 63.1 Å². The lowest BCUT2D eigenvalue weighted by Crippen LogP contribution is -2.49. The minimum absolute atomic E-state index is 0.000771. The van der Waals surface area contributed by atoms with Crippen molar-refractivity contribution < 1.29 is 19.1 Å². The van der Waals surface area contributed by atoms with Crippen molar-refractivity contribution in [3.05, 3.63) is 52.7 Å². The van der Waals surface area contributed by atoms with E-state index in [9.17, 15) is 9.59 Å². The highest BCUT2D eigenvalue weighted by molar-refractivity contribution is 5.96. The zero-order chi connectivity index (χ0) is 23.5. The van der Waals surface area contributed by atoms with Gasteiger partial charge in [0.05, 0.1) is 12.6 Å². The third kappa shape index (κ3) is 4.80. The quantitative estimate of drug-likeness (QED) is 0.669. The first-order chi connectivity index (χ1) is 15.9. The molecule has 0 radical (unpaired) electrons. The first kappa shape index (κ1) is 23.0. The van der Waals surface area contributed by atoms with E-state index in [1.54, 1.807) is 29.2 Å². The third-order valence-corrected chi connectivity index (χ3v) is 6.36. The number of aryl methyl sites for hydroxylation is 3. The number of anilines is 2. The molecule has 3 heterocycles. The summed E-state index contributed by atoms with van der Waals surface area (Å²) in [6, 6.07) is 9.18. The first-order valence-electron chi connectivity index (χ1n) is 11.5. The highest BCUT2D eigenvalue weighted by Gasteiger charge is 2.34. The Morgan fingerprint density at radius 3 is 2.45 bits per heavy atom. The number of carbonyl (C=O) groups excluding carboxylic acids is 2. The molecule has 1 aromatic heterocycles. The number of carbonyl (C=O) groups is 2. The van der Waals surface area contributed by atoms with Crippen LogP contribution >= 0.6 is 0 Å². The summed E-state index contributed by atoms with van der Waals surface area (Å²) in [5.74, 6) is 1.01. The van der Waals surface area contributed by atoms with Gasteiger partial charge in [0.2, 0.25) is 0 Å². The second kappa shape index (κ2) is 9.79. The number of hydrogen-bond donors (Lipinski definition) is 0. The van der Waals surface area contributed by atoms with Gasteiger partial charge < -0.3 is 19.3 Å². The van der Waals surface area contributed by atoms with Gasteiger partial charge in [0.1, 0.15) is 12.4 Å². The zero-order valence-electron chi connectivity index (χ0n) is 19.8. The van der Waals surface area contributed by atoms with Gasteiger partial charge in [0.15, 0.2) is 0 Å². The Bertz CT molecular complexity index is 1020. The number of rotatable bonds is 6. The zero-order valence-corrected chi connectivity index (χ0v) is 19.8. The largest absolute Gasteiger partial charge is 0.447 e. The molecule has 2 aromatic rings. The van der Waals surface area contributed by atoms with Crippen molar-refractivity contribution in [3.8, 4) is 0 Å². The molecule has 8 nitrogen and oxygen atoms in total. The van der Waals surface area contributed by atoms with Crippen molar-refractivity contribution in [2.45, 2.75) is 33.7 Å². The summed E-state index contributed by atoms with van der Waals surface area (Å²) in [7, 11) is 0. The summed E-state index contributed by atoms with van der Waals surface area (Å²) in [6.07, 6.45) is -0.384. The summed E-state index contributed by atoms with van der Waals surface area (Å²) in [6.45, 7) is 12.2. The molecule has 176 valence electrons. The van der Waals surface area contributed by atoms with Gasteiger partial charge in [-0.2, -0.15) is 0 Å². The maximum atomic E-state index is 13.1. The van der Waals surface area contributed by atoms with E-state index in [2.05, 4.69) is 24.8 Å². The molecule has 2 amide bonds. The third-order valence-electron chi connectivity index (χ3n) is 6.36. The molecule has 33 heavy (non-hydrogen) atoms. The molecule has 0 spiro atoms. The smallest absolute Gasteiger partial charge is 0.414 e. The van der Waals surface area contributed by atoms with E-state index in [0.717, 1.165) is 30.2 Å². The van der Waals surface area contributed by atoms with E-state index >= 15 is 0 Å². The fourth-order valence-electron chi connectivity index (χ4n) is 4.37. The molecule has 8 heteroatoms. The lowest BCUT2D eigenvalue weighted by atomic mass is 10.1. The van der Waals surface area contributed by atoms with Crippen LogP contribution in [-0.2, 0) is 9.47 Å². The average Bonchev–Trinajstić information content (AvgIpc) is 3.20. The molecule has 0 bridgehead atoms. The average molecular weight is 453 g/mol. The molecule has 4 rings (SSSR count). The summed E-state index contributed by atoms with van der Waals surface area (Å²) >= 11 is 0. The molecule has 2 aliphatic heterocycles. The number of pyridine rings is 1. The highest BCUT2D eigenvalue weighted by Crippen LogP contribution is 2.25. The lowest BCUT2D eigenvalue weighted by molar-refractivity contribution is 0.0746. The second-order valence-corrected chi connectivity index (χ2v) is 8.62. The predicted molar refractivity (Wildman–Crippen MR) is 127 cm³/mol. The molecule has 1 aromatic carbocycles. The van der Waals surface area contributed by atoms with Crippen LogP contribution in [0.1, 0.15) is 34.1 Å². The van der Waals surface area contributed by atoms with Crippen LogP contribution in [0.3, 0.4) is 0 Å². The number of aromatic nitrogens is 1. The van der Waals surface area contributed by atoms with Crippen molar-refractivity contribution in [1.29, 1.82) is 0 Å². The minimum Gasteiger partial charge on any atom is -0.447 e. The Kier molecular flexibility index (Phi) is 6.83. The van der Waals surface area contributed by atoms with Crippen molar-refractivity contribution in [3.63, 3.8) is 0 Å². The molecular formula is C25H32N4O4. The maximum Gasteiger partial charge on any atom is 0.414 e. The van der Waals surface area contributed by atoms with E-state index in [1.165, 1.54) is 5.56 Å². The molecule has 1 atom stereocenters. The van der Waals surface area contributed by atoms with Crippen molar-refractivity contribution >= 4 is 23.5 Å². The molecular weight excluding hydrogens is 420 g/mol. The normalized spacial score (nSPS) is 18.6. The number of nitrogens with zero attached hydrogens (tertiary/aromatic N) is 4. The molecule has 2 fully saturated rings. The summed E-state index contributed by atoms with van der Waals surface area (Å²) in [5, 5.41) is 0. The number of benzene rings is 1. The van der Waals surface area contributed by atoms with Crippen molar-refractivity contribution in [2.24, 2.45) is 0 Å². The van der Waals surface area contributed by atoms with Crippen LogP contribution in [0, 0.1) is 20.8 Å². The Morgan fingerprint density at radius 1 is 1.09 bits per heavy atom. The fraction of sp³-hybridized carbons (Fsp3) is 0.480. The van der Waals surface area contributed by atoms with Gasteiger partial charge in [-0.3, -0.25) is 9.69 Å². The Labute approximate surface area is 195 Å². The van der Waals surface area contributed by atoms with Crippen LogP contribution in [0.4, 0.5) is 16.3 Å². The summed E-state index contributed by atoms with van der Waals surface area (Å²) < 4.78 is 10.7. The molecule has 0 unspecified atom stereocenters. The van der Waals surface area contributed by atoms with Crippen LogP contribution in [0.5, 0.6) is 0 Å². The topological polar surface area (TPSA) is 75.2 Å². The van der Waals surface area contributed by atoms with Crippen LogP contribution in [0.2, 0.25) is 0 Å². The van der Waals surface area contributed by atoms with Crippen LogP contribution < -0.4 is 9.80 Å². The monoisotopic (exact) mass is 452 g/mol. The van der Waals surface area contributed by atoms with Gasteiger partial charge in [-0.15, -0.1) is 0 Å². The number of piperazine rings is 1. The van der Waals surface area contributed by atoms with E-state index in [4.69, 9.17) is 14.5 Å². The molecule has 0 aliphatic carbocycles. The van der Waals surface area contributed by atoms with E-state index in [-0.39, 0.29) is 18.0 Å². The van der Waals surface area contributed by atoms with Crippen LogP contribution in [0.25, 0.3) is 0 Å². The lowest BCUT2D eigenvalue weighted by Gasteiger charge is -2.36. The summed E-state index contributed by atoms with van der Waals surface area (Å²) in [5.41, 5.74) is 4.72. The predicted octanol–water partition coefficient (Wildman–Crippen LogP) is 3.33. The van der Waals surface area contributed by atoms with Gasteiger partial charge >= 0.3 is 6.09 Å². The van der Waals surface area contributed by atoms with Crippen LogP contribution in [-0.4, -0.2) is 73.9 Å². The second-order valence-electron chi connectivity index (χ2n) is 8.62. The standard InChI is InChI=1S/C25H32N4O4/c1-5-32-15-22-16-33-25(31)29(22)21-8-6-20(7-9-21)24(30)28-12-10-27(11-13-28)23-18(3)14-17(2)19(4)26-23/h6-9,14,22H,5,10-13,15-16H2,1-4H3/t22-/m1/s1. The maximum absolute atomic E-state index is 13.1. The van der Waals surface area contributed by atoms with Crippen molar-refractivity contribution in [1.82, 2.24) is 9.88 Å². The molecule has 2 saturated heterocycles. The number of ether oxygens (including phenoxy) is 2. The number of amides is 2. The first-order valence-corrected chi connectivity index (χ1v) is 11.5. The van der Waals surface area contributed by atoms with Gasteiger partial charge in [-0.1, -0.05) is 6.07 Å². The fourth-order valence-corrected chi connectivity index (χ4v) is 4.37. The van der Waals surface area contributed by atoms with E-state index in [0.29, 0.717) is 44.2 Å². The summed E-state index contributed by atoms with van der Waals surface area (Å²) in [4.78, 5) is 35.8. The molecule has 0 N–H and O–H groups in total. The Balaban J connectivity index is 1.39. The van der Waals surface area contributed by atoms with E-state index < -0.39 is 0 Å². The minimum atomic E-state index is -0.384. The Hall–Kier alpha value is -3.13. The van der Waals surface area contributed by atoms with Crippen molar-refractivity contribution in [2.75, 3.05) is 55.8 Å². The number of cyclic esters (lactones) is 1. The van der Waals surface area contributed by atoms with Crippen LogP contribution in [0.15, 0.2) is 30.3 Å². The van der Waals surface area contributed by atoms with Gasteiger partial charge in [-0.25, -0.2) is 9.78 Å². The molecule has 0 saturated carbocycles. The van der Waals surface area contributed by atoms with E-state index in [1.807, 2.05) is 18.7 Å². The van der Waals surface area contributed by atoms with Gasteiger partial charge in [0.25, 0.3) is 5.91 Å². The number of hydrogen-bond acceptors (Lipinski definition) is 6. The Morgan fingerprint density at radius 2 is 1.79 bits per heavy atom. The SMILES string of the molecule is CCOC[C@@H]1COC(=O)N1c1ccc(C(=O)N2CCN(c3nc(C)c(C)cc3C)CC2)cc1. The molecule has 2 aliphatic rings. The highest BCUT2D eigenvalue weighted by atomic mass is 16.6.